The van der Waals surface area contributed by atoms with Crippen molar-refractivity contribution in [2.75, 3.05) is 11.1 Å². The smallest absolute Gasteiger partial charge is 0.273 e. The summed E-state index contributed by atoms with van der Waals surface area (Å²) < 4.78 is 0. The van der Waals surface area contributed by atoms with Gasteiger partial charge >= 0.3 is 0 Å². The number of thioether (sulfide) groups is 1. The van der Waals surface area contributed by atoms with Crippen molar-refractivity contribution in [3.63, 3.8) is 0 Å². The van der Waals surface area contributed by atoms with Crippen molar-refractivity contribution in [3.05, 3.63) is 70.8 Å². The average molecular weight is 354 g/mol. The molecule has 0 aliphatic carbocycles. The number of phenolic OH excluding ortho intramolecular Hbond substituents is 1. The van der Waals surface area contributed by atoms with E-state index in [9.17, 15) is 20.0 Å². The van der Waals surface area contributed by atoms with Crippen molar-refractivity contribution >= 4 is 39.8 Å². The zero-order chi connectivity index (χ0) is 17.8. The molecule has 0 atom stereocenters. The molecule has 1 amide bonds. The van der Waals surface area contributed by atoms with Crippen LogP contribution in [0.4, 0.5) is 11.4 Å². The summed E-state index contributed by atoms with van der Waals surface area (Å²) in [5, 5.41) is 25.2. The van der Waals surface area contributed by atoms with E-state index in [-0.39, 0.29) is 28.8 Å². The fraction of sp³-hybridized carbons (Fsp3) is 0.0556. The van der Waals surface area contributed by atoms with Gasteiger partial charge in [-0.2, -0.15) is 0 Å². The number of nitrogens with one attached hydrogen (secondary N) is 1. The predicted molar refractivity (Wildman–Crippen MR) is 98.1 cm³/mol. The molecule has 0 bridgehead atoms. The van der Waals surface area contributed by atoms with Crippen LogP contribution in [0.3, 0.4) is 0 Å². The number of nitrogens with zero attached hydrogens (tertiary/aromatic N) is 1. The Labute approximate surface area is 147 Å². The summed E-state index contributed by atoms with van der Waals surface area (Å²) >= 11 is 1.37. The Bertz CT molecular complexity index is 959. The van der Waals surface area contributed by atoms with Gasteiger partial charge in [-0.15, -0.1) is 11.8 Å². The summed E-state index contributed by atoms with van der Waals surface area (Å²) in [4.78, 5) is 23.0. The molecule has 0 unspecified atom stereocenters. The van der Waals surface area contributed by atoms with Crippen molar-refractivity contribution in [1.29, 1.82) is 0 Å². The molecule has 3 aromatic rings. The zero-order valence-electron chi connectivity index (χ0n) is 13.0. The minimum Gasteiger partial charge on any atom is -0.506 e. The molecule has 6 nitrogen and oxygen atoms in total. The molecular formula is C18H14N2O4S. The lowest BCUT2D eigenvalue weighted by atomic mass is 10.1. The second-order valence-electron chi connectivity index (χ2n) is 5.30. The number of nitro benzene ring substituents is 1. The fourth-order valence-corrected chi connectivity index (χ4v) is 3.08. The molecule has 0 spiro atoms. The monoisotopic (exact) mass is 354 g/mol. The highest BCUT2D eigenvalue weighted by molar-refractivity contribution is 8.00. The Morgan fingerprint density at radius 2 is 1.84 bits per heavy atom. The Morgan fingerprint density at radius 3 is 2.56 bits per heavy atom. The van der Waals surface area contributed by atoms with Gasteiger partial charge in [0.1, 0.15) is 5.75 Å². The van der Waals surface area contributed by atoms with Crippen LogP contribution >= 0.6 is 11.8 Å². The topological polar surface area (TPSA) is 92.5 Å². The molecular weight excluding hydrogens is 340 g/mol. The van der Waals surface area contributed by atoms with Gasteiger partial charge in [0.05, 0.1) is 22.4 Å². The molecule has 0 heterocycles. The molecule has 0 fully saturated rings. The van der Waals surface area contributed by atoms with E-state index >= 15 is 0 Å². The van der Waals surface area contributed by atoms with Crippen LogP contribution in [0.2, 0.25) is 0 Å². The molecule has 25 heavy (non-hydrogen) atoms. The van der Waals surface area contributed by atoms with Gasteiger partial charge in [0.15, 0.2) is 0 Å². The number of rotatable bonds is 5. The van der Waals surface area contributed by atoms with E-state index in [1.165, 1.54) is 23.9 Å². The van der Waals surface area contributed by atoms with E-state index in [2.05, 4.69) is 5.32 Å². The van der Waals surface area contributed by atoms with Crippen LogP contribution < -0.4 is 5.32 Å². The number of benzene rings is 3. The number of aromatic hydroxyl groups is 1. The summed E-state index contributed by atoms with van der Waals surface area (Å²) in [6, 6.07) is 17.5. The number of anilines is 1. The van der Waals surface area contributed by atoms with E-state index in [0.29, 0.717) is 0 Å². The van der Waals surface area contributed by atoms with Gasteiger partial charge in [0, 0.05) is 11.0 Å². The number of carbonyl (C=O) groups is 1. The Balaban J connectivity index is 1.63. The lowest BCUT2D eigenvalue weighted by molar-refractivity contribution is -0.384. The third kappa shape index (κ3) is 4.07. The number of nitro groups is 1. The Kier molecular flexibility index (Phi) is 4.85. The van der Waals surface area contributed by atoms with E-state index in [4.69, 9.17) is 0 Å². The minimum atomic E-state index is -0.610. The van der Waals surface area contributed by atoms with Gasteiger partial charge in [-0.05, 0) is 29.0 Å². The SMILES string of the molecule is O=C(CSc1ccc2ccccc2c1)Nc1ccc([N+](=O)[O-])cc1O. The first-order valence-corrected chi connectivity index (χ1v) is 8.40. The second-order valence-corrected chi connectivity index (χ2v) is 6.35. The van der Waals surface area contributed by atoms with E-state index in [1.807, 2.05) is 42.5 Å². The lowest BCUT2D eigenvalue weighted by Crippen LogP contribution is -2.14. The molecule has 7 heteroatoms. The molecule has 3 aromatic carbocycles. The second kappa shape index (κ2) is 7.23. The number of amides is 1. The van der Waals surface area contributed by atoms with Crippen LogP contribution in [0.1, 0.15) is 0 Å². The van der Waals surface area contributed by atoms with Gasteiger partial charge in [-0.25, -0.2) is 0 Å². The standard InChI is InChI=1S/C18H14N2O4S/c21-17-10-14(20(23)24)6-8-16(17)19-18(22)11-25-15-7-5-12-3-1-2-4-13(12)9-15/h1-10,21H,11H2,(H,19,22). The molecule has 2 N–H and O–H groups in total. The third-order valence-electron chi connectivity index (χ3n) is 3.56. The van der Waals surface area contributed by atoms with Crippen molar-refractivity contribution in [3.8, 4) is 5.75 Å². The lowest BCUT2D eigenvalue weighted by Gasteiger charge is -2.07. The summed E-state index contributed by atoms with van der Waals surface area (Å²) in [6.45, 7) is 0. The van der Waals surface area contributed by atoms with Crippen LogP contribution in [0, 0.1) is 10.1 Å². The molecule has 0 saturated carbocycles. The number of carbonyl (C=O) groups excluding carboxylic acids is 1. The maximum Gasteiger partial charge on any atom is 0.273 e. The first kappa shape index (κ1) is 16.8. The third-order valence-corrected chi connectivity index (χ3v) is 4.55. The van der Waals surface area contributed by atoms with E-state index in [0.717, 1.165) is 21.7 Å². The fourth-order valence-electron chi connectivity index (χ4n) is 2.33. The van der Waals surface area contributed by atoms with E-state index in [1.54, 1.807) is 0 Å². The average Bonchev–Trinajstić information content (AvgIpc) is 2.61. The first-order chi connectivity index (χ1) is 12.0. The minimum absolute atomic E-state index is 0.148. The van der Waals surface area contributed by atoms with Gasteiger partial charge in [0.2, 0.25) is 5.91 Å². The largest absolute Gasteiger partial charge is 0.506 e. The van der Waals surface area contributed by atoms with Gasteiger partial charge < -0.3 is 10.4 Å². The van der Waals surface area contributed by atoms with Crippen molar-refractivity contribution < 1.29 is 14.8 Å². The highest BCUT2D eigenvalue weighted by Crippen LogP contribution is 2.28. The van der Waals surface area contributed by atoms with Crippen LogP contribution in [-0.2, 0) is 4.79 Å². The Hall–Kier alpha value is -3.06. The number of hydrogen-bond donors (Lipinski definition) is 2. The summed E-state index contributed by atoms with van der Waals surface area (Å²) in [7, 11) is 0. The Morgan fingerprint density at radius 1 is 1.08 bits per heavy atom. The first-order valence-electron chi connectivity index (χ1n) is 7.42. The maximum absolute atomic E-state index is 12.0. The quantitative estimate of drug-likeness (QED) is 0.310. The van der Waals surface area contributed by atoms with Crippen molar-refractivity contribution in [2.24, 2.45) is 0 Å². The molecule has 0 aliphatic heterocycles. The number of phenols is 1. The summed E-state index contributed by atoms with van der Waals surface area (Å²) in [5.41, 5.74) is -0.0873. The van der Waals surface area contributed by atoms with E-state index < -0.39 is 4.92 Å². The highest BCUT2D eigenvalue weighted by atomic mass is 32.2. The van der Waals surface area contributed by atoms with Crippen molar-refractivity contribution in [1.82, 2.24) is 0 Å². The molecule has 0 radical (unpaired) electrons. The van der Waals surface area contributed by atoms with Gasteiger partial charge in [-0.1, -0.05) is 30.3 Å². The van der Waals surface area contributed by atoms with Gasteiger partial charge in [-0.3, -0.25) is 14.9 Å². The molecule has 126 valence electrons. The van der Waals surface area contributed by atoms with Crippen LogP contribution in [0.5, 0.6) is 5.75 Å². The van der Waals surface area contributed by atoms with Crippen molar-refractivity contribution in [2.45, 2.75) is 4.90 Å². The van der Waals surface area contributed by atoms with Crippen LogP contribution in [0.15, 0.2) is 65.6 Å². The summed E-state index contributed by atoms with van der Waals surface area (Å²) in [6.07, 6.45) is 0. The maximum atomic E-state index is 12.0. The normalized spacial score (nSPS) is 10.6. The summed E-state index contributed by atoms with van der Waals surface area (Å²) in [5.74, 6) is -0.477. The van der Waals surface area contributed by atoms with Gasteiger partial charge in [0.25, 0.3) is 5.69 Å². The molecule has 0 aromatic heterocycles. The van der Waals surface area contributed by atoms with Crippen LogP contribution in [0.25, 0.3) is 10.8 Å². The highest BCUT2D eigenvalue weighted by Gasteiger charge is 2.12. The molecule has 0 saturated heterocycles. The van der Waals surface area contributed by atoms with Crippen LogP contribution in [-0.4, -0.2) is 21.7 Å². The number of hydrogen-bond acceptors (Lipinski definition) is 5. The predicted octanol–water partition coefficient (Wildman–Crippen LogP) is 4.18. The molecule has 0 aliphatic rings. The number of fused-ring (bicyclic) bond motifs is 1. The number of non-ortho nitro benzene ring substituents is 1. The molecule has 3 rings (SSSR count). The zero-order valence-corrected chi connectivity index (χ0v) is 13.8.